The average molecular weight is 298 g/mol. The van der Waals surface area contributed by atoms with Crippen LogP contribution in [0.4, 0.5) is 5.82 Å². The van der Waals surface area contributed by atoms with Crippen molar-refractivity contribution in [3.8, 4) is 0 Å². The van der Waals surface area contributed by atoms with Crippen LogP contribution < -0.4 is 10.8 Å². The van der Waals surface area contributed by atoms with Crippen LogP contribution in [0.1, 0.15) is 19.0 Å². The van der Waals surface area contributed by atoms with Gasteiger partial charge in [-0.05, 0) is 30.0 Å². The number of fused-ring (bicyclic) bond motifs is 3. The van der Waals surface area contributed by atoms with Crippen molar-refractivity contribution in [2.75, 3.05) is 11.9 Å². The molecule has 0 spiro atoms. The zero-order valence-electron chi connectivity index (χ0n) is 12.3. The molecule has 0 saturated heterocycles. The van der Waals surface area contributed by atoms with Gasteiger partial charge in [0.2, 0.25) is 0 Å². The van der Waals surface area contributed by atoms with Gasteiger partial charge in [0.25, 0.3) is 5.91 Å². The van der Waals surface area contributed by atoms with Crippen LogP contribution in [0.25, 0.3) is 16.6 Å². The van der Waals surface area contributed by atoms with Gasteiger partial charge in [-0.2, -0.15) is 0 Å². The first-order valence-corrected chi connectivity index (χ1v) is 7.30. The highest BCUT2D eigenvalue weighted by Gasteiger charge is 2.14. The highest BCUT2D eigenvalue weighted by molar-refractivity contribution is 5.85. The SMILES string of the molecule is CCCc1nc2ccc3ccccc3n2c1NCC(=O)NO. The lowest BCUT2D eigenvalue weighted by Crippen LogP contribution is -2.27. The number of nitrogens with zero attached hydrogens (tertiary/aromatic N) is 2. The molecule has 0 bridgehead atoms. The third-order valence-corrected chi connectivity index (χ3v) is 3.59. The Bertz CT molecular complexity index is 825. The van der Waals surface area contributed by atoms with Gasteiger partial charge in [0.15, 0.2) is 0 Å². The fourth-order valence-electron chi connectivity index (χ4n) is 2.63. The Labute approximate surface area is 127 Å². The predicted molar refractivity (Wildman–Crippen MR) is 85.1 cm³/mol. The summed E-state index contributed by atoms with van der Waals surface area (Å²) in [5.74, 6) is 0.315. The molecule has 0 unspecified atom stereocenters. The minimum absolute atomic E-state index is 0.00969. The number of pyridine rings is 1. The van der Waals surface area contributed by atoms with Gasteiger partial charge in [-0.15, -0.1) is 0 Å². The fraction of sp³-hybridized carbons (Fsp3) is 0.250. The summed E-state index contributed by atoms with van der Waals surface area (Å²) in [7, 11) is 0. The second-order valence-corrected chi connectivity index (χ2v) is 5.13. The van der Waals surface area contributed by atoms with Crippen LogP contribution in [0.2, 0.25) is 0 Å². The molecule has 3 N–H and O–H groups in total. The Kier molecular flexibility index (Phi) is 3.93. The number of aryl methyl sites for hydroxylation is 1. The van der Waals surface area contributed by atoms with Crippen molar-refractivity contribution in [3.05, 3.63) is 42.1 Å². The molecule has 0 atom stereocenters. The number of hydrogen-bond acceptors (Lipinski definition) is 4. The lowest BCUT2D eigenvalue weighted by molar-refractivity contribution is -0.127. The normalized spacial score (nSPS) is 11.0. The van der Waals surface area contributed by atoms with E-state index in [1.54, 1.807) is 5.48 Å². The first-order chi connectivity index (χ1) is 10.7. The highest BCUT2D eigenvalue weighted by atomic mass is 16.5. The first kappa shape index (κ1) is 14.3. The van der Waals surface area contributed by atoms with Gasteiger partial charge < -0.3 is 5.32 Å². The zero-order valence-corrected chi connectivity index (χ0v) is 12.3. The summed E-state index contributed by atoms with van der Waals surface area (Å²) >= 11 is 0. The number of amides is 1. The molecule has 0 aliphatic carbocycles. The quantitative estimate of drug-likeness (QED) is 0.499. The summed E-state index contributed by atoms with van der Waals surface area (Å²) in [5.41, 5.74) is 4.43. The molecular weight excluding hydrogens is 280 g/mol. The number of benzene rings is 1. The van der Waals surface area contributed by atoms with E-state index in [4.69, 9.17) is 5.21 Å². The summed E-state index contributed by atoms with van der Waals surface area (Å²) in [5, 5.41) is 12.9. The fourth-order valence-corrected chi connectivity index (χ4v) is 2.63. The second-order valence-electron chi connectivity index (χ2n) is 5.13. The van der Waals surface area contributed by atoms with Gasteiger partial charge in [-0.25, -0.2) is 10.5 Å². The van der Waals surface area contributed by atoms with Crippen LogP contribution in [-0.2, 0) is 11.2 Å². The van der Waals surface area contributed by atoms with Gasteiger partial charge in [0, 0.05) is 0 Å². The second kappa shape index (κ2) is 6.03. The van der Waals surface area contributed by atoms with E-state index < -0.39 is 5.91 Å². The van der Waals surface area contributed by atoms with Crippen LogP contribution in [-0.4, -0.2) is 27.0 Å². The molecule has 0 saturated carbocycles. The van der Waals surface area contributed by atoms with E-state index in [-0.39, 0.29) is 6.54 Å². The number of imidazole rings is 1. The van der Waals surface area contributed by atoms with E-state index in [1.807, 2.05) is 40.8 Å². The molecule has 0 aliphatic rings. The third-order valence-electron chi connectivity index (χ3n) is 3.59. The van der Waals surface area contributed by atoms with Crippen molar-refractivity contribution in [1.29, 1.82) is 0 Å². The molecular formula is C16H18N4O2. The summed E-state index contributed by atoms with van der Waals surface area (Å²) in [4.78, 5) is 16.0. The third kappa shape index (κ3) is 2.48. The van der Waals surface area contributed by atoms with Crippen LogP contribution in [0.5, 0.6) is 0 Å². The standard InChI is InChI=1S/C16H18N4O2/c1-2-5-12-16(17-10-15(21)19-22)20-13-7-4-3-6-11(13)8-9-14(20)18-12/h3-4,6-9,17,22H,2,5,10H2,1H3,(H,19,21). The van der Waals surface area contributed by atoms with Crippen LogP contribution >= 0.6 is 0 Å². The maximum Gasteiger partial charge on any atom is 0.262 e. The maximum absolute atomic E-state index is 11.3. The van der Waals surface area contributed by atoms with Crippen LogP contribution in [0.3, 0.4) is 0 Å². The maximum atomic E-state index is 11.3. The molecule has 22 heavy (non-hydrogen) atoms. The number of anilines is 1. The zero-order chi connectivity index (χ0) is 15.5. The van der Waals surface area contributed by atoms with Crippen molar-refractivity contribution in [3.63, 3.8) is 0 Å². The van der Waals surface area contributed by atoms with Gasteiger partial charge in [0.1, 0.15) is 11.5 Å². The van der Waals surface area contributed by atoms with Crippen molar-refractivity contribution >= 4 is 28.3 Å². The van der Waals surface area contributed by atoms with E-state index in [2.05, 4.69) is 17.2 Å². The molecule has 0 radical (unpaired) electrons. The number of carbonyl (C=O) groups excluding carboxylic acids is 1. The Hall–Kier alpha value is -2.60. The molecule has 0 aliphatic heterocycles. The van der Waals surface area contributed by atoms with Crippen molar-refractivity contribution in [1.82, 2.24) is 14.9 Å². The number of rotatable bonds is 5. The van der Waals surface area contributed by atoms with E-state index in [0.717, 1.165) is 40.9 Å². The molecule has 114 valence electrons. The largest absolute Gasteiger partial charge is 0.360 e. The molecule has 1 aromatic carbocycles. The van der Waals surface area contributed by atoms with E-state index in [9.17, 15) is 4.79 Å². The van der Waals surface area contributed by atoms with Gasteiger partial charge in [-0.3, -0.25) is 14.4 Å². The number of aromatic nitrogens is 2. The Morgan fingerprint density at radius 2 is 2.09 bits per heavy atom. The lowest BCUT2D eigenvalue weighted by atomic mass is 10.2. The smallest absolute Gasteiger partial charge is 0.262 e. The minimum atomic E-state index is -0.488. The van der Waals surface area contributed by atoms with Crippen LogP contribution in [0.15, 0.2) is 36.4 Å². The average Bonchev–Trinajstić information content (AvgIpc) is 2.90. The Balaban J connectivity index is 2.17. The summed E-state index contributed by atoms with van der Waals surface area (Å²) in [6.07, 6.45) is 1.78. The van der Waals surface area contributed by atoms with Gasteiger partial charge in [0.05, 0.1) is 17.8 Å². The number of para-hydroxylation sites is 1. The number of hydroxylamine groups is 1. The van der Waals surface area contributed by atoms with Crippen LogP contribution in [0, 0.1) is 0 Å². The summed E-state index contributed by atoms with van der Waals surface area (Å²) < 4.78 is 2.02. The van der Waals surface area contributed by atoms with E-state index in [0.29, 0.717) is 0 Å². The molecule has 2 heterocycles. The molecule has 3 aromatic rings. The number of nitrogens with one attached hydrogen (secondary N) is 2. The molecule has 3 rings (SSSR count). The predicted octanol–water partition coefficient (Wildman–Crippen LogP) is 2.36. The van der Waals surface area contributed by atoms with Crippen molar-refractivity contribution in [2.45, 2.75) is 19.8 Å². The lowest BCUT2D eigenvalue weighted by Gasteiger charge is -2.09. The van der Waals surface area contributed by atoms with Crippen molar-refractivity contribution in [2.24, 2.45) is 0 Å². The minimum Gasteiger partial charge on any atom is -0.360 e. The van der Waals surface area contributed by atoms with Gasteiger partial charge in [-0.1, -0.05) is 31.5 Å². The molecule has 1 amide bonds. The topological polar surface area (TPSA) is 78.7 Å². The monoisotopic (exact) mass is 298 g/mol. The van der Waals surface area contributed by atoms with E-state index >= 15 is 0 Å². The van der Waals surface area contributed by atoms with Gasteiger partial charge >= 0.3 is 0 Å². The number of hydrogen-bond donors (Lipinski definition) is 3. The Morgan fingerprint density at radius 3 is 2.86 bits per heavy atom. The van der Waals surface area contributed by atoms with Crippen molar-refractivity contribution < 1.29 is 10.0 Å². The molecule has 0 fully saturated rings. The summed E-state index contributed by atoms with van der Waals surface area (Å²) in [6, 6.07) is 12.0. The summed E-state index contributed by atoms with van der Waals surface area (Å²) in [6.45, 7) is 2.08. The first-order valence-electron chi connectivity index (χ1n) is 7.30. The molecule has 6 heteroatoms. The number of carbonyl (C=O) groups is 1. The molecule has 6 nitrogen and oxygen atoms in total. The Morgan fingerprint density at radius 1 is 1.27 bits per heavy atom. The highest BCUT2D eigenvalue weighted by Crippen LogP contribution is 2.25. The molecule has 2 aromatic heterocycles. The van der Waals surface area contributed by atoms with E-state index in [1.165, 1.54) is 0 Å².